The van der Waals surface area contributed by atoms with Crippen LogP contribution in [0.25, 0.3) is 0 Å². The molecule has 3 unspecified atom stereocenters. The van der Waals surface area contributed by atoms with Gasteiger partial charge >= 0.3 is 0 Å². The molecule has 0 aliphatic heterocycles. The molecule has 1 saturated carbocycles. The highest BCUT2D eigenvalue weighted by Crippen LogP contribution is 2.49. The van der Waals surface area contributed by atoms with Gasteiger partial charge in [-0.1, -0.05) is 23.7 Å². The number of furan rings is 1. The van der Waals surface area contributed by atoms with Crippen molar-refractivity contribution in [2.75, 3.05) is 0 Å². The first-order valence-corrected chi connectivity index (χ1v) is 7.26. The minimum Gasteiger partial charge on any atom is -0.461 e. The van der Waals surface area contributed by atoms with Crippen LogP contribution in [0.2, 0.25) is 5.02 Å². The lowest BCUT2D eigenvalue weighted by atomic mass is 9.94. The van der Waals surface area contributed by atoms with E-state index in [1.165, 1.54) is 12.3 Å². The van der Waals surface area contributed by atoms with E-state index in [0.717, 1.165) is 5.56 Å². The Morgan fingerprint density at radius 3 is 2.77 bits per heavy atom. The van der Waals surface area contributed by atoms with Crippen molar-refractivity contribution in [3.05, 3.63) is 59.0 Å². The number of hydrogen-bond acceptors (Lipinski definition) is 4. The van der Waals surface area contributed by atoms with E-state index in [-0.39, 0.29) is 23.4 Å². The maximum absolute atomic E-state index is 12.4. The number of halogens is 1. The molecule has 0 radical (unpaired) electrons. The highest BCUT2D eigenvalue weighted by molar-refractivity contribution is 6.30. The maximum Gasteiger partial charge on any atom is 0.222 e. The van der Waals surface area contributed by atoms with Gasteiger partial charge in [-0.15, -0.1) is 0 Å². The summed E-state index contributed by atoms with van der Waals surface area (Å²) in [4.78, 5) is 24.6. The zero-order valence-electron chi connectivity index (χ0n) is 11.5. The summed E-state index contributed by atoms with van der Waals surface area (Å²) in [5.74, 6) is -2.45. The van der Waals surface area contributed by atoms with Gasteiger partial charge < -0.3 is 4.42 Å². The largest absolute Gasteiger partial charge is 0.461 e. The van der Waals surface area contributed by atoms with Gasteiger partial charge in [0.25, 0.3) is 0 Å². The molecule has 2 aromatic rings. The van der Waals surface area contributed by atoms with Gasteiger partial charge in [0.1, 0.15) is 0 Å². The van der Waals surface area contributed by atoms with Crippen LogP contribution in [0.3, 0.4) is 0 Å². The van der Waals surface area contributed by atoms with Gasteiger partial charge in [0.2, 0.25) is 5.78 Å². The number of Topliss-reactive ketones (excluding diaryl/α,β-unsaturated/α-hetero) is 2. The van der Waals surface area contributed by atoms with Crippen molar-refractivity contribution in [2.45, 2.75) is 12.3 Å². The van der Waals surface area contributed by atoms with E-state index < -0.39 is 11.7 Å². The zero-order chi connectivity index (χ0) is 15.7. The van der Waals surface area contributed by atoms with Gasteiger partial charge in [0.15, 0.2) is 17.5 Å². The van der Waals surface area contributed by atoms with Crippen LogP contribution in [0, 0.1) is 23.2 Å². The van der Waals surface area contributed by atoms with E-state index >= 15 is 0 Å². The van der Waals surface area contributed by atoms with Gasteiger partial charge in [-0.25, -0.2) is 0 Å². The Labute approximate surface area is 132 Å². The van der Waals surface area contributed by atoms with Crippen molar-refractivity contribution >= 4 is 23.2 Å². The lowest BCUT2D eigenvalue weighted by Crippen LogP contribution is -2.24. The smallest absolute Gasteiger partial charge is 0.222 e. The Balaban J connectivity index is 1.74. The van der Waals surface area contributed by atoms with Gasteiger partial charge in [0, 0.05) is 10.9 Å². The van der Waals surface area contributed by atoms with Crippen molar-refractivity contribution in [1.82, 2.24) is 0 Å². The van der Waals surface area contributed by atoms with Crippen LogP contribution < -0.4 is 0 Å². The molecule has 0 amide bonds. The average molecular weight is 314 g/mol. The van der Waals surface area contributed by atoms with Crippen LogP contribution in [0.15, 0.2) is 47.1 Å². The molecule has 0 N–H and O–H groups in total. The molecule has 3 rings (SSSR count). The summed E-state index contributed by atoms with van der Waals surface area (Å²) in [6.07, 6.45) is 1.99. The Morgan fingerprint density at radius 2 is 2.14 bits per heavy atom. The highest BCUT2D eigenvalue weighted by atomic mass is 35.5. The number of hydrogen-bond donors (Lipinski definition) is 0. The number of carbonyl (C=O) groups excluding carboxylic acids is 2. The molecule has 1 aromatic carbocycles. The first kappa shape index (κ1) is 14.6. The fourth-order valence-electron chi connectivity index (χ4n) is 2.64. The van der Waals surface area contributed by atoms with Crippen LogP contribution in [0.1, 0.15) is 28.5 Å². The molecule has 1 aliphatic rings. The topological polar surface area (TPSA) is 71.1 Å². The average Bonchev–Trinajstić information content (AvgIpc) is 3.13. The second-order valence-electron chi connectivity index (χ2n) is 5.31. The molecular formula is C17H12ClNO3. The molecule has 3 atom stereocenters. The van der Waals surface area contributed by atoms with Crippen LogP contribution >= 0.6 is 11.6 Å². The Bertz CT molecular complexity index is 760. The van der Waals surface area contributed by atoms with Gasteiger partial charge in [-0.05, 0) is 42.2 Å². The molecule has 1 fully saturated rings. The standard InChI is InChI=1S/C17H12ClNO3/c18-11-4-1-3-10(7-11)12-8-13(12)16(20)14(9-19)17(21)15-5-2-6-22-15/h1-7,12-14H,8H2. The van der Waals surface area contributed by atoms with E-state index in [9.17, 15) is 14.9 Å². The van der Waals surface area contributed by atoms with Crippen LogP contribution in [-0.2, 0) is 4.79 Å². The molecule has 5 heteroatoms. The molecule has 22 heavy (non-hydrogen) atoms. The number of nitriles is 1. The number of nitrogens with zero attached hydrogens (tertiary/aromatic N) is 1. The van der Waals surface area contributed by atoms with E-state index in [1.807, 2.05) is 24.3 Å². The van der Waals surface area contributed by atoms with Crippen molar-refractivity contribution in [2.24, 2.45) is 11.8 Å². The third kappa shape index (κ3) is 2.68. The first-order chi connectivity index (χ1) is 10.6. The van der Waals surface area contributed by atoms with Crippen molar-refractivity contribution in [3.63, 3.8) is 0 Å². The number of carbonyl (C=O) groups is 2. The van der Waals surface area contributed by atoms with Gasteiger partial charge in [-0.2, -0.15) is 5.26 Å². The molecule has 1 aromatic heterocycles. The summed E-state index contributed by atoms with van der Waals surface area (Å²) in [7, 11) is 0. The molecular weight excluding hydrogens is 302 g/mol. The molecule has 1 aliphatic carbocycles. The summed E-state index contributed by atoms with van der Waals surface area (Å²) < 4.78 is 4.99. The number of benzene rings is 1. The fraction of sp³-hybridized carbons (Fsp3) is 0.235. The zero-order valence-corrected chi connectivity index (χ0v) is 12.3. The molecule has 0 spiro atoms. The summed E-state index contributed by atoms with van der Waals surface area (Å²) in [6, 6.07) is 12.1. The van der Waals surface area contributed by atoms with Crippen LogP contribution in [0.5, 0.6) is 0 Å². The monoisotopic (exact) mass is 313 g/mol. The van der Waals surface area contributed by atoms with Crippen LogP contribution in [0.4, 0.5) is 0 Å². The van der Waals surface area contributed by atoms with Crippen LogP contribution in [-0.4, -0.2) is 11.6 Å². The molecule has 110 valence electrons. The Morgan fingerprint density at radius 1 is 1.32 bits per heavy atom. The number of rotatable bonds is 5. The summed E-state index contributed by atoms with van der Waals surface area (Å²) >= 11 is 5.95. The SMILES string of the molecule is N#CC(C(=O)c1ccco1)C(=O)C1CC1c1cccc(Cl)c1. The van der Waals surface area contributed by atoms with E-state index in [0.29, 0.717) is 11.4 Å². The Kier molecular flexibility index (Phi) is 3.82. The second kappa shape index (κ2) is 5.78. The predicted octanol–water partition coefficient (Wildman–Crippen LogP) is 3.63. The third-order valence-electron chi connectivity index (χ3n) is 3.87. The normalized spacial score (nSPS) is 20.9. The minimum atomic E-state index is -1.31. The molecule has 0 saturated heterocycles. The molecule has 4 nitrogen and oxygen atoms in total. The quantitative estimate of drug-likeness (QED) is 0.624. The minimum absolute atomic E-state index is 0.0338. The maximum atomic E-state index is 12.4. The molecule has 1 heterocycles. The van der Waals surface area contributed by atoms with Crippen molar-refractivity contribution in [1.29, 1.82) is 5.26 Å². The van der Waals surface area contributed by atoms with E-state index in [4.69, 9.17) is 16.0 Å². The van der Waals surface area contributed by atoms with E-state index in [1.54, 1.807) is 12.1 Å². The van der Waals surface area contributed by atoms with Crippen molar-refractivity contribution < 1.29 is 14.0 Å². The molecule has 0 bridgehead atoms. The lowest BCUT2D eigenvalue weighted by Gasteiger charge is -2.05. The van der Waals surface area contributed by atoms with Gasteiger partial charge in [-0.3, -0.25) is 9.59 Å². The van der Waals surface area contributed by atoms with E-state index in [2.05, 4.69) is 0 Å². The first-order valence-electron chi connectivity index (χ1n) is 6.88. The number of ketones is 2. The lowest BCUT2D eigenvalue weighted by molar-refractivity contribution is -0.121. The van der Waals surface area contributed by atoms with Gasteiger partial charge in [0.05, 0.1) is 12.3 Å². The fourth-order valence-corrected chi connectivity index (χ4v) is 2.84. The summed E-state index contributed by atoms with van der Waals surface area (Å²) in [5, 5.41) is 9.80. The Hall–Kier alpha value is -2.38. The third-order valence-corrected chi connectivity index (χ3v) is 4.11. The second-order valence-corrected chi connectivity index (χ2v) is 5.75. The van der Waals surface area contributed by atoms with Crippen molar-refractivity contribution in [3.8, 4) is 6.07 Å². The highest BCUT2D eigenvalue weighted by Gasteiger charge is 2.48. The summed E-state index contributed by atoms with van der Waals surface area (Å²) in [6.45, 7) is 0. The predicted molar refractivity (Wildman–Crippen MR) is 79.4 cm³/mol. The summed E-state index contributed by atoms with van der Waals surface area (Å²) in [5.41, 5.74) is 0.966.